The maximum Gasteiger partial charge on any atom is 0.319 e. The molecule has 0 aliphatic carbocycles. The molecule has 0 aromatic heterocycles. The van der Waals surface area contributed by atoms with E-state index in [4.69, 9.17) is 4.74 Å². The van der Waals surface area contributed by atoms with Gasteiger partial charge in [0.25, 0.3) is 5.91 Å². The lowest BCUT2D eigenvalue weighted by molar-refractivity contribution is -0.152. The van der Waals surface area contributed by atoms with Crippen LogP contribution in [0.2, 0.25) is 0 Å². The third-order valence-corrected chi connectivity index (χ3v) is 4.76. The van der Waals surface area contributed by atoms with Crippen LogP contribution in [0.4, 0.5) is 16.2 Å². The van der Waals surface area contributed by atoms with Crippen LogP contribution in [0.15, 0.2) is 60.7 Å². The van der Waals surface area contributed by atoms with Crippen LogP contribution < -0.4 is 15.5 Å². The van der Waals surface area contributed by atoms with Crippen LogP contribution in [-0.2, 0) is 14.3 Å². The highest BCUT2D eigenvalue weighted by atomic mass is 16.5. The van der Waals surface area contributed by atoms with Gasteiger partial charge >= 0.3 is 12.0 Å². The highest BCUT2D eigenvalue weighted by Gasteiger charge is 2.22. The van der Waals surface area contributed by atoms with E-state index < -0.39 is 12.0 Å². The molecule has 1 aliphatic rings. The molecule has 2 aromatic rings. The number of esters is 1. The topological polar surface area (TPSA) is 91.0 Å². The second kappa shape index (κ2) is 10.8. The number of hydrogen-bond donors (Lipinski definition) is 2. The molecule has 8 heteroatoms. The first-order valence-corrected chi connectivity index (χ1v) is 9.95. The summed E-state index contributed by atoms with van der Waals surface area (Å²) >= 11 is 0. The number of anilines is 2. The Balaban J connectivity index is 1.29. The zero-order valence-electron chi connectivity index (χ0n) is 16.8. The van der Waals surface area contributed by atoms with Gasteiger partial charge in [0.1, 0.15) is 0 Å². The SMILES string of the molecule is O=C(NCCC(=O)OCC(=O)N1CCN(c2ccccc2)CC1)Nc1ccccc1. The normalized spacial score (nSPS) is 13.5. The molecule has 0 radical (unpaired) electrons. The van der Waals surface area contributed by atoms with Gasteiger partial charge in [-0.2, -0.15) is 0 Å². The number of carbonyl (C=O) groups is 3. The molecular weight excluding hydrogens is 384 g/mol. The van der Waals surface area contributed by atoms with E-state index in [2.05, 4.69) is 15.5 Å². The predicted octanol–water partition coefficient (Wildman–Crippen LogP) is 2.09. The van der Waals surface area contributed by atoms with Crippen LogP contribution in [0.25, 0.3) is 0 Å². The zero-order chi connectivity index (χ0) is 21.2. The second-order valence-electron chi connectivity index (χ2n) is 6.86. The summed E-state index contributed by atoms with van der Waals surface area (Å²) in [6.45, 7) is 2.51. The Labute approximate surface area is 175 Å². The fourth-order valence-electron chi connectivity index (χ4n) is 3.13. The third kappa shape index (κ3) is 6.51. The van der Waals surface area contributed by atoms with Crippen LogP contribution in [0.1, 0.15) is 6.42 Å². The number of rotatable bonds is 7. The van der Waals surface area contributed by atoms with E-state index in [-0.39, 0.29) is 25.5 Å². The van der Waals surface area contributed by atoms with Crippen molar-refractivity contribution in [2.24, 2.45) is 0 Å². The number of urea groups is 1. The van der Waals surface area contributed by atoms with E-state index in [1.807, 2.05) is 48.5 Å². The van der Waals surface area contributed by atoms with Crippen LogP contribution in [0.5, 0.6) is 0 Å². The number of nitrogens with zero attached hydrogens (tertiary/aromatic N) is 2. The summed E-state index contributed by atoms with van der Waals surface area (Å²) in [4.78, 5) is 39.8. The summed E-state index contributed by atoms with van der Waals surface area (Å²) in [5.41, 5.74) is 1.80. The lowest BCUT2D eigenvalue weighted by Gasteiger charge is -2.36. The van der Waals surface area contributed by atoms with E-state index in [1.54, 1.807) is 17.0 Å². The molecule has 0 saturated carbocycles. The van der Waals surface area contributed by atoms with Crippen LogP contribution in [0.3, 0.4) is 0 Å². The second-order valence-corrected chi connectivity index (χ2v) is 6.86. The van der Waals surface area contributed by atoms with Crippen molar-refractivity contribution in [2.45, 2.75) is 6.42 Å². The molecule has 1 aliphatic heterocycles. The Morgan fingerprint density at radius 2 is 1.50 bits per heavy atom. The van der Waals surface area contributed by atoms with Gasteiger partial charge in [-0.05, 0) is 24.3 Å². The van der Waals surface area contributed by atoms with Gasteiger partial charge in [-0.25, -0.2) is 4.79 Å². The molecule has 2 aromatic carbocycles. The molecule has 0 spiro atoms. The quantitative estimate of drug-likeness (QED) is 0.682. The highest BCUT2D eigenvalue weighted by molar-refractivity contribution is 5.89. The molecule has 1 fully saturated rings. The van der Waals surface area contributed by atoms with E-state index in [1.165, 1.54) is 0 Å². The predicted molar refractivity (Wildman–Crippen MR) is 114 cm³/mol. The maximum atomic E-state index is 12.3. The Kier molecular flexibility index (Phi) is 7.65. The van der Waals surface area contributed by atoms with Crippen LogP contribution in [-0.4, -0.2) is 62.1 Å². The summed E-state index contributed by atoms with van der Waals surface area (Å²) in [5, 5.41) is 5.24. The number of para-hydroxylation sites is 2. The largest absolute Gasteiger partial charge is 0.456 e. The van der Waals surface area contributed by atoms with E-state index in [0.717, 1.165) is 18.8 Å². The van der Waals surface area contributed by atoms with Crippen molar-refractivity contribution in [1.29, 1.82) is 0 Å². The fraction of sp³-hybridized carbons (Fsp3) is 0.318. The van der Waals surface area contributed by atoms with Crippen molar-refractivity contribution in [2.75, 3.05) is 49.5 Å². The Morgan fingerprint density at radius 3 is 2.17 bits per heavy atom. The average Bonchev–Trinajstić information content (AvgIpc) is 2.79. The minimum absolute atomic E-state index is 0.00270. The summed E-state index contributed by atoms with van der Waals surface area (Å²) in [6.07, 6.45) is -0.00270. The number of nitrogens with one attached hydrogen (secondary N) is 2. The molecule has 30 heavy (non-hydrogen) atoms. The smallest absolute Gasteiger partial charge is 0.319 e. The van der Waals surface area contributed by atoms with E-state index in [9.17, 15) is 14.4 Å². The van der Waals surface area contributed by atoms with Gasteiger partial charge in [0, 0.05) is 44.1 Å². The van der Waals surface area contributed by atoms with Crippen molar-refractivity contribution < 1.29 is 19.1 Å². The minimum atomic E-state index is -0.522. The summed E-state index contributed by atoms with van der Waals surface area (Å²) in [5.74, 6) is -0.725. The molecule has 0 atom stereocenters. The molecule has 1 saturated heterocycles. The summed E-state index contributed by atoms with van der Waals surface area (Å²) in [7, 11) is 0. The first-order chi connectivity index (χ1) is 14.6. The van der Waals surface area contributed by atoms with Crippen molar-refractivity contribution in [3.05, 3.63) is 60.7 Å². The van der Waals surface area contributed by atoms with Gasteiger partial charge in [0.15, 0.2) is 6.61 Å². The van der Waals surface area contributed by atoms with Gasteiger partial charge in [-0.3, -0.25) is 9.59 Å². The van der Waals surface area contributed by atoms with Crippen molar-refractivity contribution in [3.8, 4) is 0 Å². The highest BCUT2D eigenvalue weighted by Crippen LogP contribution is 2.15. The fourth-order valence-corrected chi connectivity index (χ4v) is 3.13. The standard InChI is InChI=1S/C22H26N4O4/c27-20(26-15-13-25(14-16-26)19-9-5-2-6-10-19)17-30-21(28)11-12-23-22(29)24-18-7-3-1-4-8-18/h1-10H,11-17H2,(H2,23,24,29). The first kappa shape index (κ1) is 21.2. The van der Waals surface area contributed by atoms with Crippen molar-refractivity contribution >= 4 is 29.3 Å². The van der Waals surface area contributed by atoms with Crippen molar-refractivity contribution in [1.82, 2.24) is 10.2 Å². The monoisotopic (exact) mass is 410 g/mol. The van der Waals surface area contributed by atoms with E-state index in [0.29, 0.717) is 18.8 Å². The number of benzene rings is 2. The molecular formula is C22H26N4O4. The van der Waals surface area contributed by atoms with Crippen LogP contribution in [0, 0.1) is 0 Å². The molecule has 158 valence electrons. The molecule has 2 N–H and O–H groups in total. The minimum Gasteiger partial charge on any atom is -0.456 e. The Morgan fingerprint density at radius 1 is 0.867 bits per heavy atom. The summed E-state index contributed by atoms with van der Waals surface area (Å²) < 4.78 is 5.05. The average molecular weight is 410 g/mol. The Bertz CT molecular complexity index is 837. The third-order valence-electron chi connectivity index (χ3n) is 4.76. The lowest BCUT2D eigenvalue weighted by atomic mass is 10.2. The zero-order valence-corrected chi connectivity index (χ0v) is 16.8. The van der Waals surface area contributed by atoms with Gasteiger partial charge in [-0.15, -0.1) is 0 Å². The summed E-state index contributed by atoms with van der Waals surface area (Å²) in [6, 6.07) is 18.7. The number of ether oxygens (including phenoxy) is 1. The number of carbonyl (C=O) groups excluding carboxylic acids is 3. The molecule has 3 rings (SSSR count). The number of piperazine rings is 1. The molecule has 0 unspecified atom stereocenters. The molecule has 3 amide bonds. The van der Waals surface area contributed by atoms with Gasteiger partial charge in [-0.1, -0.05) is 36.4 Å². The number of amides is 3. The first-order valence-electron chi connectivity index (χ1n) is 9.95. The molecule has 8 nitrogen and oxygen atoms in total. The van der Waals surface area contributed by atoms with Crippen LogP contribution >= 0.6 is 0 Å². The van der Waals surface area contributed by atoms with Gasteiger partial charge in [0.05, 0.1) is 6.42 Å². The Hall–Kier alpha value is -3.55. The van der Waals surface area contributed by atoms with Gasteiger partial charge < -0.3 is 25.2 Å². The molecule has 1 heterocycles. The number of hydrogen-bond acceptors (Lipinski definition) is 5. The lowest BCUT2D eigenvalue weighted by Crippen LogP contribution is -2.49. The molecule has 0 bridgehead atoms. The van der Waals surface area contributed by atoms with Crippen molar-refractivity contribution in [3.63, 3.8) is 0 Å². The van der Waals surface area contributed by atoms with E-state index >= 15 is 0 Å². The maximum absolute atomic E-state index is 12.3. The van der Waals surface area contributed by atoms with Gasteiger partial charge in [0.2, 0.25) is 0 Å².